The van der Waals surface area contributed by atoms with Crippen molar-refractivity contribution in [3.8, 4) is 0 Å². The molecule has 1 aromatic heterocycles. The Bertz CT molecular complexity index is 775. The van der Waals surface area contributed by atoms with Crippen LogP contribution in [0.3, 0.4) is 0 Å². The number of nitrogens with zero attached hydrogens (tertiary/aromatic N) is 3. The lowest BCUT2D eigenvalue weighted by atomic mass is 10.2. The molecule has 0 fully saturated rings. The fourth-order valence-corrected chi connectivity index (χ4v) is 2.81. The van der Waals surface area contributed by atoms with Crippen LogP contribution in [-0.2, 0) is 16.4 Å². The van der Waals surface area contributed by atoms with Crippen LogP contribution in [0.2, 0.25) is 0 Å². The van der Waals surface area contributed by atoms with E-state index in [9.17, 15) is 26.0 Å². The third-order valence-electron chi connectivity index (χ3n) is 2.87. The zero-order chi connectivity index (χ0) is 17.3. The van der Waals surface area contributed by atoms with Gasteiger partial charge in [-0.1, -0.05) is 0 Å². The lowest BCUT2D eigenvalue weighted by Gasteiger charge is -2.18. The average Bonchev–Trinajstić information content (AvgIpc) is 2.92. The monoisotopic (exact) mass is 352 g/mol. The Morgan fingerprint density at radius 2 is 2.04 bits per heavy atom. The van der Waals surface area contributed by atoms with Crippen molar-refractivity contribution >= 4 is 15.5 Å². The Labute approximate surface area is 129 Å². The first kappa shape index (κ1) is 17.2. The van der Waals surface area contributed by atoms with Crippen molar-refractivity contribution in [2.75, 3.05) is 5.32 Å². The number of anilines is 1. The van der Waals surface area contributed by atoms with E-state index in [4.69, 9.17) is 0 Å². The number of hydrogen-bond acceptors (Lipinski definition) is 5. The van der Waals surface area contributed by atoms with Crippen molar-refractivity contribution in [1.29, 1.82) is 0 Å². The minimum Gasteiger partial charge on any atom is -0.380 e. The van der Waals surface area contributed by atoms with Gasteiger partial charge >= 0.3 is 5.51 Å². The molecule has 23 heavy (non-hydrogen) atoms. The van der Waals surface area contributed by atoms with Gasteiger partial charge in [0.15, 0.2) is 0 Å². The first-order chi connectivity index (χ1) is 10.6. The molecule has 2 aromatic rings. The highest BCUT2D eigenvalue weighted by Crippen LogP contribution is 2.35. The SMILES string of the molecule is CC(Cn1cncn1)Nc1ccc(F)cc1S(=O)(=O)C(F)(F)F. The molecular weight excluding hydrogens is 340 g/mol. The van der Waals surface area contributed by atoms with Gasteiger partial charge in [-0.05, 0) is 25.1 Å². The molecule has 11 heteroatoms. The molecule has 0 saturated heterocycles. The molecule has 126 valence electrons. The molecule has 1 unspecified atom stereocenters. The minimum absolute atomic E-state index is 0.225. The van der Waals surface area contributed by atoms with E-state index < -0.39 is 32.1 Å². The molecule has 0 aliphatic heterocycles. The summed E-state index contributed by atoms with van der Waals surface area (Å²) >= 11 is 0. The third kappa shape index (κ3) is 3.78. The van der Waals surface area contributed by atoms with Gasteiger partial charge in [0.25, 0.3) is 9.84 Å². The van der Waals surface area contributed by atoms with Crippen LogP contribution in [0.25, 0.3) is 0 Å². The molecule has 0 amide bonds. The molecule has 0 radical (unpaired) electrons. The number of nitrogens with one attached hydrogen (secondary N) is 1. The number of hydrogen-bond donors (Lipinski definition) is 1. The topological polar surface area (TPSA) is 76.9 Å². The molecule has 0 aliphatic rings. The van der Waals surface area contributed by atoms with Crippen molar-refractivity contribution < 1.29 is 26.0 Å². The first-order valence-corrected chi connectivity index (χ1v) is 7.79. The predicted octanol–water partition coefficient (Wildman–Crippen LogP) is 2.21. The Balaban J connectivity index is 2.32. The van der Waals surface area contributed by atoms with Crippen molar-refractivity contribution in [1.82, 2.24) is 14.8 Å². The normalized spacial score (nSPS) is 13.8. The van der Waals surface area contributed by atoms with Gasteiger partial charge in [0, 0.05) is 6.04 Å². The van der Waals surface area contributed by atoms with Crippen LogP contribution in [0.4, 0.5) is 23.2 Å². The molecule has 0 aliphatic carbocycles. The summed E-state index contributed by atoms with van der Waals surface area (Å²) in [6.07, 6.45) is 2.68. The maximum absolute atomic E-state index is 13.2. The molecule has 2 rings (SSSR count). The van der Waals surface area contributed by atoms with Crippen LogP contribution in [-0.4, -0.2) is 34.7 Å². The highest BCUT2D eigenvalue weighted by Gasteiger charge is 2.48. The van der Waals surface area contributed by atoms with Crippen molar-refractivity contribution in [2.45, 2.75) is 29.9 Å². The number of sulfone groups is 1. The molecule has 0 spiro atoms. The van der Waals surface area contributed by atoms with E-state index in [0.29, 0.717) is 6.07 Å². The second-order valence-electron chi connectivity index (χ2n) is 4.75. The number of aromatic nitrogens is 3. The maximum Gasteiger partial charge on any atom is 0.501 e. The van der Waals surface area contributed by atoms with E-state index in [-0.39, 0.29) is 12.2 Å². The fourth-order valence-electron chi connectivity index (χ4n) is 1.88. The molecule has 0 bridgehead atoms. The largest absolute Gasteiger partial charge is 0.501 e. The Kier molecular flexibility index (Phi) is 4.59. The smallest absolute Gasteiger partial charge is 0.380 e. The van der Waals surface area contributed by atoms with E-state index in [2.05, 4.69) is 15.4 Å². The van der Waals surface area contributed by atoms with Gasteiger partial charge in [0.2, 0.25) is 0 Å². The van der Waals surface area contributed by atoms with Crippen molar-refractivity contribution in [2.24, 2.45) is 0 Å². The second kappa shape index (κ2) is 6.14. The maximum atomic E-state index is 13.2. The summed E-state index contributed by atoms with van der Waals surface area (Å²) in [6, 6.07) is 1.68. The van der Waals surface area contributed by atoms with Crippen LogP contribution in [0, 0.1) is 5.82 Å². The van der Waals surface area contributed by atoms with Gasteiger partial charge < -0.3 is 5.32 Å². The van der Waals surface area contributed by atoms with Gasteiger partial charge in [-0.15, -0.1) is 0 Å². The van der Waals surface area contributed by atoms with Crippen LogP contribution in [0.5, 0.6) is 0 Å². The molecule has 1 atom stereocenters. The third-order valence-corrected chi connectivity index (χ3v) is 4.39. The Morgan fingerprint density at radius 1 is 1.35 bits per heavy atom. The number of alkyl halides is 3. The van der Waals surface area contributed by atoms with E-state index in [0.717, 1.165) is 12.1 Å². The lowest BCUT2D eigenvalue weighted by molar-refractivity contribution is -0.0435. The average molecular weight is 352 g/mol. The fraction of sp³-hybridized carbons (Fsp3) is 0.333. The van der Waals surface area contributed by atoms with E-state index in [1.807, 2.05) is 0 Å². The Hall–Kier alpha value is -2.17. The summed E-state index contributed by atoms with van der Waals surface area (Å²) in [6.45, 7) is 1.83. The van der Waals surface area contributed by atoms with Gasteiger partial charge in [-0.2, -0.15) is 18.3 Å². The molecule has 1 aromatic carbocycles. The van der Waals surface area contributed by atoms with Gasteiger partial charge in [0.05, 0.1) is 12.2 Å². The summed E-state index contributed by atoms with van der Waals surface area (Å²) < 4.78 is 75.9. The highest BCUT2D eigenvalue weighted by molar-refractivity contribution is 7.92. The van der Waals surface area contributed by atoms with Crippen LogP contribution in [0.1, 0.15) is 6.92 Å². The summed E-state index contributed by atoms with van der Waals surface area (Å²) in [5.74, 6) is -1.08. The van der Waals surface area contributed by atoms with Gasteiger partial charge in [-0.25, -0.2) is 17.8 Å². The molecule has 6 nitrogen and oxygen atoms in total. The van der Waals surface area contributed by atoms with E-state index in [1.165, 1.54) is 17.3 Å². The summed E-state index contributed by atoms with van der Waals surface area (Å²) in [7, 11) is -5.67. The highest BCUT2D eigenvalue weighted by atomic mass is 32.2. The van der Waals surface area contributed by atoms with Gasteiger partial charge in [0.1, 0.15) is 23.4 Å². The van der Waals surface area contributed by atoms with E-state index >= 15 is 0 Å². The number of benzene rings is 1. The van der Waals surface area contributed by atoms with Crippen LogP contribution < -0.4 is 5.32 Å². The van der Waals surface area contributed by atoms with Gasteiger partial charge in [-0.3, -0.25) is 4.68 Å². The first-order valence-electron chi connectivity index (χ1n) is 6.31. The molecule has 0 saturated carbocycles. The minimum atomic E-state index is -5.67. The van der Waals surface area contributed by atoms with Crippen molar-refractivity contribution in [3.05, 3.63) is 36.7 Å². The molecular formula is C12H12F4N4O2S. The standard InChI is InChI=1S/C12H12F4N4O2S/c1-8(5-20-7-17-6-18-20)19-10-3-2-9(13)4-11(10)23(21,22)12(14,15)16/h2-4,6-8,19H,5H2,1H3. The second-order valence-corrected chi connectivity index (χ2v) is 6.66. The number of halogens is 4. The lowest BCUT2D eigenvalue weighted by Crippen LogP contribution is -2.27. The predicted molar refractivity (Wildman–Crippen MR) is 72.7 cm³/mol. The van der Waals surface area contributed by atoms with Crippen molar-refractivity contribution in [3.63, 3.8) is 0 Å². The quantitative estimate of drug-likeness (QED) is 0.835. The van der Waals surface area contributed by atoms with E-state index in [1.54, 1.807) is 6.92 Å². The molecule has 1 N–H and O–H groups in total. The number of rotatable bonds is 5. The van der Waals surface area contributed by atoms with Crippen LogP contribution >= 0.6 is 0 Å². The Morgan fingerprint density at radius 3 is 2.61 bits per heavy atom. The molecule has 1 heterocycles. The summed E-state index contributed by atoms with van der Waals surface area (Å²) in [4.78, 5) is 2.56. The zero-order valence-corrected chi connectivity index (χ0v) is 12.6. The zero-order valence-electron chi connectivity index (χ0n) is 11.7. The summed E-state index contributed by atoms with van der Waals surface area (Å²) in [5.41, 5.74) is -5.86. The summed E-state index contributed by atoms with van der Waals surface area (Å²) in [5, 5.41) is 6.45. The van der Waals surface area contributed by atoms with Crippen LogP contribution in [0.15, 0.2) is 35.7 Å².